The summed E-state index contributed by atoms with van der Waals surface area (Å²) < 4.78 is 1.57. The van der Waals surface area contributed by atoms with E-state index in [2.05, 4.69) is 24.9 Å². The van der Waals surface area contributed by atoms with Gasteiger partial charge >= 0.3 is 0 Å². The normalized spacial score (nSPS) is 11.2. The molecule has 3 aromatic heterocycles. The van der Waals surface area contributed by atoms with Gasteiger partial charge in [0.15, 0.2) is 17.0 Å². The van der Waals surface area contributed by atoms with E-state index in [4.69, 9.17) is 5.73 Å². The zero-order chi connectivity index (χ0) is 14.4. The van der Waals surface area contributed by atoms with E-state index in [0.717, 1.165) is 0 Å². The van der Waals surface area contributed by atoms with Crippen LogP contribution < -0.4 is 11.3 Å². The number of hydrogen-bond donors (Lipinski definition) is 2. The maximum absolute atomic E-state index is 12.1. The third-order valence-electron chi connectivity index (χ3n) is 3.19. The Labute approximate surface area is 117 Å². The number of imidazole rings is 1. The van der Waals surface area contributed by atoms with Gasteiger partial charge < -0.3 is 5.73 Å². The SMILES string of the molecule is Nc1ncnc2c1ncn2-c1nc2ccccc2c(=O)[nH]1. The van der Waals surface area contributed by atoms with E-state index >= 15 is 0 Å². The standard InChI is InChI=1S/C13H9N7O/c14-10-9-11(16-5-15-10)20(6-17-9)13-18-8-4-2-1-3-7(8)12(21)19-13/h1-6H,(H2,14,15,16)(H,18,19,21). The number of nitrogens with zero attached hydrogens (tertiary/aromatic N) is 5. The average Bonchev–Trinajstić information content (AvgIpc) is 2.93. The first kappa shape index (κ1) is 11.5. The van der Waals surface area contributed by atoms with Gasteiger partial charge in [-0.1, -0.05) is 12.1 Å². The molecule has 0 unspecified atom stereocenters. The first-order valence-electron chi connectivity index (χ1n) is 6.17. The fourth-order valence-corrected chi connectivity index (χ4v) is 2.20. The highest BCUT2D eigenvalue weighted by Crippen LogP contribution is 2.17. The predicted octanol–water partition coefficient (Wildman–Crippen LogP) is 0.634. The third-order valence-corrected chi connectivity index (χ3v) is 3.19. The number of hydrogen-bond acceptors (Lipinski definition) is 6. The molecule has 102 valence electrons. The number of aromatic amines is 1. The highest BCUT2D eigenvalue weighted by atomic mass is 16.1. The van der Waals surface area contributed by atoms with Crippen LogP contribution in [0.4, 0.5) is 5.82 Å². The average molecular weight is 279 g/mol. The van der Waals surface area contributed by atoms with Crippen molar-refractivity contribution in [3.05, 3.63) is 47.3 Å². The van der Waals surface area contributed by atoms with Crippen LogP contribution in [-0.4, -0.2) is 29.5 Å². The predicted molar refractivity (Wildman–Crippen MR) is 77.0 cm³/mol. The molecule has 0 aliphatic rings. The van der Waals surface area contributed by atoms with Crippen molar-refractivity contribution in [2.24, 2.45) is 0 Å². The van der Waals surface area contributed by atoms with Crippen LogP contribution in [0.15, 0.2) is 41.7 Å². The molecule has 0 saturated heterocycles. The van der Waals surface area contributed by atoms with Crippen molar-refractivity contribution < 1.29 is 0 Å². The summed E-state index contributed by atoms with van der Waals surface area (Å²) in [6, 6.07) is 7.11. The van der Waals surface area contributed by atoms with Crippen LogP contribution in [0.2, 0.25) is 0 Å². The summed E-state index contributed by atoms with van der Waals surface area (Å²) >= 11 is 0. The molecule has 3 heterocycles. The van der Waals surface area contributed by atoms with Gasteiger partial charge in [-0.15, -0.1) is 0 Å². The first-order chi connectivity index (χ1) is 10.2. The zero-order valence-electron chi connectivity index (χ0n) is 10.7. The van der Waals surface area contributed by atoms with Gasteiger partial charge in [-0.25, -0.2) is 19.9 Å². The second-order valence-electron chi connectivity index (χ2n) is 4.45. The van der Waals surface area contributed by atoms with Crippen molar-refractivity contribution in [2.75, 3.05) is 5.73 Å². The van der Waals surface area contributed by atoms with Gasteiger partial charge in [-0.2, -0.15) is 0 Å². The molecule has 0 spiro atoms. The lowest BCUT2D eigenvalue weighted by molar-refractivity contribution is 0.939. The lowest BCUT2D eigenvalue weighted by atomic mass is 10.2. The van der Waals surface area contributed by atoms with Crippen molar-refractivity contribution in [3.63, 3.8) is 0 Å². The van der Waals surface area contributed by atoms with Gasteiger partial charge in [0.25, 0.3) is 5.56 Å². The topological polar surface area (TPSA) is 115 Å². The van der Waals surface area contributed by atoms with Gasteiger partial charge in [0.1, 0.15) is 12.7 Å². The van der Waals surface area contributed by atoms with Crippen molar-refractivity contribution in [3.8, 4) is 5.95 Å². The van der Waals surface area contributed by atoms with Crippen LogP contribution in [0.5, 0.6) is 0 Å². The summed E-state index contributed by atoms with van der Waals surface area (Å²) in [6.45, 7) is 0. The number of anilines is 1. The molecule has 0 radical (unpaired) electrons. The number of H-pyrrole nitrogens is 1. The number of nitrogens with one attached hydrogen (secondary N) is 1. The highest BCUT2D eigenvalue weighted by Gasteiger charge is 2.12. The molecule has 0 aliphatic heterocycles. The zero-order valence-corrected chi connectivity index (χ0v) is 10.7. The van der Waals surface area contributed by atoms with E-state index in [-0.39, 0.29) is 11.4 Å². The molecular weight excluding hydrogens is 270 g/mol. The molecule has 0 fully saturated rings. The minimum Gasteiger partial charge on any atom is -0.382 e. The van der Waals surface area contributed by atoms with Crippen LogP contribution in [0.3, 0.4) is 0 Å². The largest absolute Gasteiger partial charge is 0.382 e. The number of para-hydroxylation sites is 1. The fraction of sp³-hybridized carbons (Fsp3) is 0. The highest BCUT2D eigenvalue weighted by molar-refractivity contribution is 5.83. The molecular formula is C13H9N7O. The van der Waals surface area contributed by atoms with E-state index in [0.29, 0.717) is 28.0 Å². The van der Waals surface area contributed by atoms with Crippen molar-refractivity contribution in [2.45, 2.75) is 0 Å². The summed E-state index contributed by atoms with van der Waals surface area (Å²) in [5.74, 6) is 0.612. The molecule has 0 saturated carbocycles. The van der Waals surface area contributed by atoms with Gasteiger partial charge in [0, 0.05) is 0 Å². The van der Waals surface area contributed by atoms with Gasteiger partial charge in [0.2, 0.25) is 5.95 Å². The fourth-order valence-electron chi connectivity index (χ4n) is 2.20. The van der Waals surface area contributed by atoms with Crippen molar-refractivity contribution in [1.82, 2.24) is 29.5 Å². The van der Waals surface area contributed by atoms with E-state index in [1.165, 1.54) is 12.7 Å². The second kappa shape index (κ2) is 4.10. The van der Waals surface area contributed by atoms with Crippen LogP contribution in [-0.2, 0) is 0 Å². The number of aromatic nitrogens is 6. The van der Waals surface area contributed by atoms with Crippen LogP contribution in [0.1, 0.15) is 0 Å². The van der Waals surface area contributed by atoms with Gasteiger partial charge in [-0.05, 0) is 12.1 Å². The van der Waals surface area contributed by atoms with Crippen molar-refractivity contribution in [1.29, 1.82) is 0 Å². The Hall–Kier alpha value is -3.29. The Morgan fingerprint density at radius 3 is 2.90 bits per heavy atom. The first-order valence-corrected chi connectivity index (χ1v) is 6.17. The Morgan fingerprint density at radius 2 is 2.00 bits per heavy atom. The maximum atomic E-state index is 12.1. The number of benzene rings is 1. The molecule has 3 N–H and O–H groups in total. The van der Waals surface area contributed by atoms with Crippen molar-refractivity contribution >= 4 is 27.9 Å². The van der Waals surface area contributed by atoms with E-state index < -0.39 is 0 Å². The summed E-state index contributed by atoms with van der Waals surface area (Å²) in [4.78, 5) is 31.4. The van der Waals surface area contributed by atoms with E-state index in [1.54, 1.807) is 22.8 Å². The minimum absolute atomic E-state index is 0.223. The smallest absolute Gasteiger partial charge is 0.260 e. The number of fused-ring (bicyclic) bond motifs is 2. The summed E-state index contributed by atoms with van der Waals surface area (Å²) in [7, 11) is 0. The molecule has 0 amide bonds. The Balaban J connectivity index is 2.05. The maximum Gasteiger partial charge on any atom is 0.260 e. The van der Waals surface area contributed by atoms with Crippen LogP contribution >= 0.6 is 0 Å². The molecule has 0 atom stereocenters. The Bertz CT molecular complexity index is 1030. The number of nitrogens with two attached hydrogens (primary N) is 1. The molecule has 4 aromatic rings. The third kappa shape index (κ3) is 1.66. The Morgan fingerprint density at radius 1 is 1.14 bits per heavy atom. The minimum atomic E-state index is -0.223. The summed E-state index contributed by atoms with van der Waals surface area (Å²) in [5, 5.41) is 0.528. The lowest BCUT2D eigenvalue weighted by Crippen LogP contribution is -2.13. The molecule has 21 heavy (non-hydrogen) atoms. The quantitative estimate of drug-likeness (QED) is 0.528. The van der Waals surface area contributed by atoms with Crippen LogP contribution in [0, 0.1) is 0 Å². The second-order valence-corrected chi connectivity index (χ2v) is 4.45. The van der Waals surface area contributed by atoms with E-state index in [9.17, 15) is 4.79 Å². The summed E-state index contributed by atoms with van der Waals surface area (Å²) in [5.41, 5.74) is 7.08. The summed E-state index contributed by atoms with van der Waals surface area (Å²) in [6.07, 6.45) is 2.84. The molecule has 0 aliphatic carbocycles. The number of rotatable bonds is 1. The molecule has 0 bridgehead atoms. The number of nitrogen functional groups attached to an aromatic ring is 1. The van der Waals surface area contributed by atoms with Gasteiger partial charge in [-0.3, -0.25) is 14.3 Å². The van der Waals surface area contributed by atoms with Crippen LogP contribution in [0.25, 0.3) is 28.0 Å². The monoisotopic (exact) mass is 279 g/mol. The molecule has 4 rings (SSSR count). The molecule has 8 heteroatoms. The van der Waals surface area contributed by atoms with Gasteiger partial charge in [0.05, 0.1) is 10.9 Å². The van der Waals surface area contributed by atoms with E-state index in [1.807, 2.05) is 6.07 Å². The molecule has 1 aromatic carbocycles. The Kier molecular flexibility index (Phi) is 2.25. The lowest BCUT2D eigenvalue weighted by Gasteiger charge is -2.04. The molecule has 8 nitrogen and oxygen atoms in total.